The number of nitrogens with one attached hydrogen (secondary N) is 1. The molecule has 0 aliphatic heterocycles. The highest BCUT2D eigenvalue weighted by Crippen LogP contribution is 1.79. The molecule has 1 unspecified atom stereocenters. The zero-order valence-electron chi connectivity index (χ0n) is 5.48. The van der Waals surface area contributed by atoms with Gasteiger partial charge in [0.25, 0.3) is 0 Å². The van der Waals surface area contributed by atoms with Crippen LogP contribution in [0.4, 0.5) is 0 Å². The van der Waals surface area contributed by atoms with Crippen molar-refractivity contribution in [3.8, 4) is 0 Å². The summed E-state index contributed by atoms with van der Waals surface area (Å²) in [5.74, 6) is 0. The first kappa shape index (κ1) is 7.92. The van der Waals surface area contributed by atoms with Crippen LogP contribution in [0.25, 0.3) is 0 Å². The predicted octanol–water partition coefficient (Wildman–Crippen LogP) is 0.495. The molecule has 0 aliphatic carbocycles. The molecule has 0 aliphatic rings. The normalized spacial score (nSPS) is 13.9. The summed E-state index contributed by atoms with van der Waals surface area (Å²) >= 11 is 0. The Labute approximate surface area is 51.5 Å². The van der Waals surface area contributed by atoms with Gasteiger partial charge in [-0.1, -0.05) is 13.8 Å². The van der Waals surface area contributed by atoms with E-state index in [2.05, 4.69) is 19.2 Å². The fourth-order valence-corrected chi connectivity index (χ4v) is 0.432. The van der Waals surface area contributed by atoms with E-state index in [1.165, 1.54) is 0 Å². The molecule has 8 heavy (non-hydrogen) atoms. The Morgan fingerprint density at radius 1 is 1.75 bits per heavy atom. The Kier molecular flexibility index (Phi) is 5.01. The third kappa shape index (κ3) is 4.09. The topological polar surface area (TPSA) is 38.0 Å². The molecule has 0 fully saturated rings. The van der Waals surface area contributed by atoms with Gasteiger partial charge in [-0.25, -0.2) is 0 Å². The van der Waals surface area contributed by atoms with Crippen molar-refractivity contribution in [3.63, 3.8) is 0 Å². The molecule has 49 valence electrons. The molecule has 0 bridgehead atoms. The van der Waals surface area contributed by atoms with Crippen LogP contribution in [0.2, 0.25) is 0 Å². The Morgan fingerprint density at radius 3 is 2.75 bits per heavy atom. The molecule has 0 spiro atoms. The van der Waals surface area contributed by atoms with Crippen LogP contribution >= 0.6 is 0 Å². The van der Waals surface area contributed by atoms with Gasteiger partial charge in [0.15, 0.2) is 0 Å². The number of nitrogens with two attached hydrogens (primary N) is 1. The molecule has 0 saturated heterocycles. The van der Waals surface area contributed by atoms with Gasteiger partial charge in [-0.2, -0.15) is 0 Å². The van der Waals surface area contributed by atoms with Gasteiger partial charge in [0.1, 0.15) is 0 Å². The average Bonchev–Trinajstić information content (AvgIpc) is 1.83. The molecule has 1 radical (unpaired) electrons. The molecule has 0 aromatic rings. The first-order valence-electron chi connectivity index (χ1n) is 3.09. The van der Waals surface area contributed by atoms with E-state index in [1.54, 1.807) is 0 Å². The van der Waals surface area contributed by atoms with Crippen molar-refractivity contribution in [1.82, 2.24) is 5.32 Å². The SMILES string of the molecule is [CH2]CCNC(N)CC. The minimum atomic E-state index is 0.164. The molecule has 2 heteroatoms. The Hall–Kier alpha value is -0.0800. The van der Waals surface area contributed by atoms with Crippen LogP contribution in [0.15, 0.2) is 0 Å². The van der Waals surface area contributed by atoms with Crippen LogP contribution < -0.4 is 11.1 Å². The summed E-state index contributed by atoms with van der Waals surface area (Å²) in [6.07, 6.45) is 2.06. The second-order valence-electron chi connectivity index (χ2n) is 1.82. The Morgan fingerprint density at radius 2 is 2.38 bits per heavy atom. The molecule has 0 heterocycles. The summed E-state index contributed by atoms with van der Waals surface area (Å²) in [5, 5.41) is 3.10. The van der Waals surface area contributed by atoms with Crippen molar-refractivity contribution >= 4 is 0 Å². The summed E-state index contributed by atoms with van der Waals surface area (Å²) in [5.41, 5.74) is 5.52. The maximum absolute atomic E-state index is 5.52. The average molecular weight is 115 g/mol. The van der Waals surface area contributed by atoms with E-state index >= 15 is 0 Å². The molecule has 0 saturated carbocycles. The number of hydrogen-bond acceptors (Lipinski definition) is 2. The molecule has 0 amide bonds. The summed E-state index contributed by atoms with van der Waals surface area (Å²) < 4.78 is 0. The van der Waals surface area contributed by atoms with Crippen LogP contribution in [0, 0.1) is 6.92 Å². The maximum atomic E-state index is 5.52. The molecule has 2 nitrogen and oxygen atoms in total. The van der Waals surface area contributed by atoms with E-state index < -0.39 is 0 Å². The van der Waals surface area contributed by atoms with Crippen LogP contribution in [0.5, 0.6) is 0 Å². The second-order valence-corrected chi connectivity index (χ2v) is 1.82. The third-order valence-corrected chi connectivity index (χ3v) is 1.02. The van der Waals surface area contributed by atoms with Gasteiger partial charge in [0, 0.05) is 0 Å². The Balaban J connectivity index is 2.86. The van der Waals surface area contributed by atoms with Crippen LogP contribution in [-0.4, -0.2) is 12.7 Å². The van der Waals surface area contributed by atoms with Gasteiger partial charge in [-0.3, -0.25) is 0 Å². The summed E-state index contributed by atoms with van der Waals surface area (Å²) in [6, 6.07) is 0. The van der Waals surface area contributed by atoms with E-state index in [1.807, 2.05) is 0 Å². The molecular weight excluding hydrogens is 100 g/mol. The molecular formula is C6H15N2. The molecule has 0 aromatic carbocycles. The van der Waals surface area contributed by atoms with Crippen molar-refractivity contribution in [2.24, 2.45) is 5.73 Å². The van der Waals surface area contributed by atoms with E-state index in [9.17, 15) is 0 Å². The fourth-order valence-electron chi connectivity index (χ4n) is 0.432. The van der Waals surface area contributed by atoms with Gasteiger partial charge in [-0.05, 0) is 19.4 Å². The summed E-state index contributed by atoms with van der Waals surface area (Å²) in [6.45, 7) is 6.66. The van der Waals surface area contributed by atoms with Crippen molar-refractivity contribution in [2.45, 2.75) is 25.9 Å². The molecule has 0 aromatic heterocycles. The Bertz CT molecular complexity index is 45.8. The lowest BCUT2D eigenvalue weighted by Crippen LogP contribution is -2.36. The highest BCUT2D eigenvalue weighted by atomic mass is 15.0. The lowest BCUT2D eigenvalue weighted by Gasteiger charge is -2.08. The minimum Gasteiger partial charge on any atom is -0.316 e. The standard InChI is InChI=1S/C6H15N2/c1-3-5-8-6(7)4-2/h6,8H,1,3-5,7H2,2H3. The van der Waals surface area contributed by atoms with E-state index in [-0.39, 0.29) is 6.17 Å². The molecule has 1 atom stereocenters. The van der Waals surface area contributed by atoms with E-state index in [0.717, 1.165) is 19.4 Å². The van der Waals surface area contributed by atoms with Crippen molar-refractivity contribution < 1.29 is 0 Å². The van der Waals surface area contributed by atoms with Crippen molar-refractivity contribution in [1.29, 1.82) is 0 Å². The van der Waals surface area contributed by atoms with Gasteiger partial charge < -0.3 is 11.1 Å². The zero-order chi connectivity index (χ0) is 6.41. The lowest BCUT2D eigenvalue weighted by atomic mass is 10.4. The van der Waals surface area contributed by atoms with Gasteiger partial charge in [0.05, 0.1) is 6.17 Å². The molecule has 0 rings (SSSR count). The van der Waals surface area contributed by atoms with E-state index in [0.29, 0.717) is 0 Å². The first-order valence-corrected chi connectivity index (χ1v) is 3.09. The quantitative estimate of drug-likeness (QED) is 0.523. The highest BCUT2D eigenvalue weighted by Gasteiger charge is 1.92. The largest absolute Gasteiger partial charge is 0.316 e. The van der Waals surface area contributed by atoms with Crippen molar-refractivity contribution in [3.05, 3.63) is 6.92 Å². The van der Waals surface area contributed by atoms with Gasteiger partial charge in [0.2, 0.25) is 0 Å². The van der Waals surface area contributed by atoms with Crippen molar-refractivity contribution in [2.75, 3.05) is 6.54 Å². The van der Waals surface area contributed by atoms with Crippen LogP contribution in [0.3, 0.4) is 0 Å². The maximum Gasteiger partial charge on any atom is 0.0543 e. The van der Waals surface area contributed by atoms with Crippen LogP contribution in [0.1, 0.15) is 19.8 Å². The predicted molar refractivity (Wildman–Crippen MR) is 36.2 cm³/mol. The van der Waals surface area contributed by atoms with E-state index in [4.69, 9.17) is 5.73 Å². The van der Waals surface area contributed by atoms with Crippen LogP contribution in [-0.2, 0) is 0 Å². The first-order chi connectivity index (χ1) is 3.81. The highest BCUT2D eigenvalue weighted by molar-refractivity contribution is 4.55. The van der Waals surface area contributed by atoms with Gasteiger partial charge in [-0.15, -0.1) is 0 Å². The fraction of sp³-hybridized carbons (Fsp3) is 0.833. The monoisotopic (exact) mass is 115 g/mol. The minimum absolute atomic E-state index is 0.164. The molecule has 3 N–H and O–H groups in total. The number of rotatable bonds is 4. The summed E-state index contributed by atoms with van der Waals surface area (Å²) in [4.78, 5) is 0. The summed E-state index contributed by atoms with van der Waals surface area (Å²) in [7, 11) is 0. The zero-order valence-corrected chi connectivity index (χ0v) is 5.48. The smallest absolute Gasteiger partial charge is 0.0543 e. The van der Waals surface area contributed by atoms with Gasteiger partial charge >= 0.3 is 0 Å². The lowest BCUT2D eigenvalue weighted by molar-refractivity contribution is 0.519. The third-order valence-electron chi connectivity index (χ3n) is 1.02. The second kappa shape index (κ2) is 5.06. The number of hydrogen-bond donors (Lipinski definition) is 2.